The zero-order chi connectivity index (χ0) is 16.2. The lowest BCUT2D eigenvalue weighted by molar-refractivity contribution is -0.122. The lowest BCUT2D eigenvalue weighted by Gasteiger charge is -2.12. The Morgan fingerprint density at radius 2 is 2.05 bits per heavy atom. The van der Waals surface area contributed by atoms with Crippen LogP contribution >= 0.6 is 22.6 Å². The molecule has 1 aromatic carbocycles. The van der Waals surface area contributed by atoms with Crippen LogP contribution in [0.1, 0.15) is 5.69 Å². The third-order valence-electron chi connectivity index (χ3n) is 2.76. The van der Waals surface area contributed by atoms with E-state index in [1.807, 2.05) is 4.83 Å². The van der Waals surface area contributed by atoms with Gasteiger partial charge in [-0.25, -0.2) is 13.4 Å². The fraction of sp³-hybridized carbons (Fsp3) is 0.167. The minimum atomic E-state index is -3.83. The van der Waals surface area contributed by atoms with Gasteiger partial charge in [-0.05, 0) is 46.9 Å². The van der Waals surface area contributed by atoms with Crippen molar-refractivity contribution in [2.75, 3.05) is 0 Å². The van der Waals surface area contributed by atoms with Crippen LogP contribution in [0.5, 0.6) is 0 Å². The molecule has 0 aliphatic carbocycles. The van der Waals surface area contributed by atoms with Crippen LogP contribution in [0, 0.1) is 3.57 Å². The van der Waals surface area contributed by atoms with Gasteiger partial charge in [-0.15, -0.1) is 4.83 Å². The minimum absolute atomic E-state index is 0.0513. The predicted molar refractivity (Wildman–Crippen MR) is 87.9 cm³/mol. The van der Waals surface area contributed by atoms with E-state index in [1.54, 1.807) is 18.3 Å². The summed E-state index contributed by atoms with van der Waals surface area (Å²) in [5.41, 5.74) is 8.49. The Kier molecular flexibility index (Phi) is 5.50. The molecule has 0 saturated heterocycles. The number of rotatable bonds is 6. The molecule has 0 spiro atoms. The number of amides is 1. The Morgan fingerprint density at radius 1 is 1.36 bits per heavy atom. The van der Waals surface area contributed by atoms with Crippen molar-refractivity contribution in [3.8, 4) is 0 Å². The van der Waals surface area contributed by atoms with Crippen LogP contribution in [0.15, 0.2) is 41.7 Å². The van der Waals surface area contributed by atoms with E-state index in [1.165, 1.54) is 18.5 Å². The molecule has 0 saturated carbocycles. The molecular formula is C12H14IN5O3S. The Labute approximate surface area is 141 Å². The number of imidazole rings is 1. The van der Waals surface area contributed by atoms with Crippen LogP contribution in [0.4, 0.5) is 0 Å². The number of hydrazine groups is 1. The maximum Gasteiger partial charge on any atom is 0.257 e. The van der Waals surface area contributed by atoms with E-state index in [0.717, 1.165) is 3.57 Å². The predicted octanol–water partition coefficient (Wildman–Crippen LogP) is -0.106. The van der Waals surface area contributed by atoms with Crippen molar-refractivity contribution in [3.63, 3.8) is 0 Å². The Hall–Kier alpha value is -1.50. The van der Waals surface area contributed by atoms with Gasteiger partial charge < -0.3 is 10.7 Å². The maximum atomic E-state index is 12.0. The molecule has 2 rings (SSSR count). The van der Waals surface area contributed by atoms with Crippen LogP contribution in [0.25, 0.3) is 0 Å². The van der Waals surface area contributed by atoms with E-state index >= 15 is 0 Å². The molecule has 118 valence electrons. The molecule has 1 amide bonds. The second-order valence-corrected chi connectivity index (χ2v) is 7.36. The lowest BCUT2D eigenvalue weighted by atomic mass is 10.2. The van der Waals surface area contributed by atoms with Gasteiger partial charge >= 0.3 is 0 Å². The first-order valence-corrected chi connectivity index (χ1v) is 8.75. The number of nitrogens with zero attached hydrogens (tertiary/aromatic N) is 1. The fourth-order valence-corrected chi connectivity index (χ4v) is 2.82. The number of aromatic amines is 1. The monoisotopic (exact) mass is 435 g/mol. The van der Waals surface area contributed by atoms with Crippen LogP contribution < -0.4 is 16.0 Å². The number of sulfonamides is 1. The van der Waals surface area contributed by atoms with Gasteiger partial charge in [-0.3, -0.25) is 10.2 Å². The molecule has 2 aromatic rings. The molecule has 10 heteroatoms. The van der Waals surface area contributed by atoms with Gasteiger partial charge in [-0.2, -0.15) is 0 Å². The molecule has 22 heavy (non-hydrogen) atoms. The Bertz CT molecular complexity index is 731. The summed E-state index contributed by atoms with van der Waals surface area (Å²) in [5, 5.41) is 0. The van der Waals surface area contributed by atoms with E-state index < -0.39 is 22.0 Å². The number of hydrogen-bond donors (Lipinski definition) is 4. The van der Waals surface area contributed by atoms with Crippen LogP contribution in [0.3, 0.4) is 0 Å². The SMILES string of the molecule is N[C@@H](Cc1cnc[nH]1)C(=O)NNS(=O)(=O)c1ccc(I)cc1. The van der Waals surface area contributed by atoms with Crippen molar-refractivity contribution < 1.29 is 13.2 Å². The summed E-state index contributed by atoms with van der Waals surface area (Å²) in [6, 6.07) is 5.29. The zero-order valence-electron chi connectivity index (χ0n) is 11.3. The zero-order valence-corrected chi connectivity index (χ0v) is 14.3. The molecule has 0 unspecified atom stereocenters. The Morgan fingerprint density at radius 3 is 2.64 bits per heavy atom. The highest BCUT2D eigenvalue weighted by molar-refractivity contribution is 14.1. The van der Waals surface area contributed by atoms with Crippen LogP contribution in [-0.4, -0.2) is 30.3 Å². The topological polar surface area (TPSA) is 130 Å². The molecule has 8 nitrogen and oxygen atoms in total. The summed E-state index contributed by atoms with van der Waals surface area (Å²) in [6.45, 7) is 0. The summed E-state index contributed by atoms with van der Waals surface area (Å²) in [5.74, 6) is -0.635. The van der Waals surface area contributed by atoms with Crippen molar-refractivity contribution in [2.24, 2.45) is 5.73 Å². The second kappa shape index (κ2) is 7.17. The quantitative estimate of drug-likeness (QED) is 0.372. The van der Waals surface area contributed by atoms with Gasteiger partial charge in [0.1, 0.15) is 0 Å². The van der Waals surface area contributed by atoms with E-state index in [2.05, 4.69) is 38.0 Å². The molecule has 0 fully saturated rings. The fourth-order valence-electron chi connectivity index (χ4n) is 1.61. The van der Waals surface area contributed by atoms with Gasteiger partial charge in [0.25, 0.3) is 15.9 Å². The van der Waals surface area contributed by atoms with E-state index in [-0.39, 0.29) is 11.3 Å². The molecule has 0 bridgehead atoms. The van der Waals surface area contributed by atoms with Gasteiger partial charge in [0.15, 0.2) is 0 Å². The molecule has 1 atom stereocenters. The first kappa shape index (κ1) is 16.9. The third kappa shape index (κ3) is 4.50. The molecule has 0 radical (unpaired) electrons. The second-order valence-electron chi connectivity index (χ2n) is 4.44. The van der Waals surface area contributed by atoms with Gasteiger partial charge in [0.05, 0.1) is 17.3 Å². The van der Waals surface area contributed by atoms with E-state index in [0.29, 0.717) is 5.69 Å². The molecule has 0 aliphatic heterocycles. The third-order valence-corrected chi connectivity index (χ3v) is 4.75. The number of carbonyl (C=O) groups is 1. The smallest absolute Gasteiger partial charge is 0.257 e. The number of nitrogens with two attached hydrogens (primary N) is 1. The first-order valence-electron chi connectivity index (χ1n) is 6.18. The molecule has 5 N–H and O–H groups in total. The van der Waals surface area contributed by atoms with Crippen molar-refractivity contribution in [1.82, 2.24) is 20.2 Å². The van der Waals surface area contributed by atoms with Crippen molar-refractivity contribution in [3.05, 3.63) is 46.1 Å². The number of carbonyl (C=O) groups excluding carboxylic acids is 1. The molecular weight excluding hydrogens is 421 g/mol. The Balaban J connectivity index is 1.93. The van der Waals surface area contributed by atoms with E-state index in [4.69, 9.17) is 5.73 Å². The average molecular weight is 435 g/mol. The largest absolute Gasteiger partial charge is 0.348 e. The van der Waals surface area contributed by atoms with Crippen molar-refractivity contribution in [2.45, 2.75) is 17.4 Å². The van der Waals surface area contributed by atoms with Gasteiger partial charge in [0.2, 0.25) is 0 Å². The number of benzene rings is 1. The average Bonchev–Trinajstić information content (AvgIpc) is 2.98. The minimum Gasteiger partial charge on any atom is -0.348 e. The van der Waals surface area contributed by atoms with Crippen molar-refractivity contribution >= 4 is 38.5 Å². The highest BCUT2D eigenvalue weighted by atomic mass is 127. The number of H-pyrrole nitrogens is 1. The number of nitrogens with one attached hydrogen (secondary N) is 3. The summed E-state index contributed by atoms with van der Waals surface area (Å²) < 4.78 is 24.9. The number of halogens is 1. The summed E-state index contributed by atoms with van der Waals surface area (Å²) >= 11 is 2.07. The number of hydrogen-bond acceptors (Lipinski definition) is 5. The van der Waals surface area contributed by atoms with Gasteiger partial charge in [-0.1, -0.05) is 0 Å². The highest BCUT2D eigenvalue weighted by Gasteiger charge is 2.19. The lowest BCUT2D eigenvalue weighted by Crippen LogP contribution is -2.49. The summed E-state index contributed by atoms with van der Waals surface area (Å²) in [6.07, 6.45) is 3.24. The standard InChI is InChI=1S/C12H14IN5O3S/c13-8-1-3-10(4-2-8)22(20,21)18-17-12(19)11(14)5-9-6-15-7-16-9/h1-4,6-7,11,18H,5,14H2,(H,15,16)(H,17,19)/t11-/m0/s1. The highest BCUT2D eigenvalue weighted by Crippen LogP contribution is 2.11. The molecule has 0 aliphatic rings. The first-order chi connectivity index (χ1) is 10.4. The molecule has 1 heterocycles. The maximum absolute atomic E-state index is 12.0. The summed E-state index contributed by atoms with van der Waals surface area (Å²) in [4.78, 5) is 20.5. The van der Waals surface area contributed by atoms with Crippen LogP contribution in [0.2, 0.25) is 0 Å². The normalized spacial score (nSPS) is 12.8. The summed E-state index contributed by atoms with van der Waals surface area (Å²) in [7, 11) is -3.83. The number of aromatic nitrogens is 2. The van der Waals surface area contributed by atoms with E-state index in [9.17, 15) is 13.2 Å². The van der Waals surface area contributed by atoms with Gasteiger partial charge in [0, 0.05) is 21.9 Å². The van der Waals surface area contributed by atoms with Crippen molar-refractivity contribution in [1.29, 1.82) is 0 Å². The molecule has 1 aromatic heterocycles. The van der Waals surface area contributed by atoms with Crippen LogP contribution in [-0.2, 0) is 21.2 Å².